The summed E-state index contributed by atoms with van der Waals surface area (Å²) >= 11 is 0. The third-order valence-corrected chi connectivity index (χ3v) is 14.6. The van der Waals surface area contributed by atoms with Crippen molar-refractivity contribution in [1.82, 2.24) is 5.32 Å². The Balaban J connectivity index is 1.20. The van der Waals surface area contributed by atoms with E-state index in [0.29, 0.717) is 23.5 Å². The van der Waals surface area contributed by atoms with Crippen molar-refractivity contribution in [2.75, 3.05) is 24.6 Å². The quantitative estimate of drug-likeness (QED) is 0.0709. The van der Waals surface area contributed by atoms with Crippen LogP contribution in [0, 0.1) is 46.3 Å². The van der Waals surface area contributed by atoms with Crippen LogP contribution in [0.5, 0.6) is 0 Å². The summed E-state index contributed by atoms with van der Waals surface area (Å²) in [7, 11) is 2.88. The predicted octanol–water partition coefficient (Wildman–Crippen LogP) is 8.96. The number of unbranched alkanes of at least 4 members (excludes halogenated alkanes) is 3. The highest BCUT2D eigenvalue weighted by Gasteiger charge is 2.59. The predicted molar refractivity (Wildman–Crippen MR) is 188 cm³/mol. The third-order valence-electron chi connectivity index (χ3n) is 12.5. The molecule has 0 aromatic rings. The molecule has 0 aromatic carbocycles. The van der Waals surface area contributed by atoms with Gasteiger partial charge in [0.1, 0.15) is 11.9 Å². The molecule has 0 spiro atoms. The van der Waals surface area contributed by atoms with E-state index in [2.05, 4.69) is 46.0 Å². The maximum absolute atomic E-state index is 12.7. The van der Waals surface area contributed by atoms with Crippen LogP contribution in [0.15, 0.2) is 11.6 Å². The minimum absolute atomic E-state index is 0.00273. The first-order valence-electron chi connectivity index (χ1n) is 18.2. The molecule has 8 atom stereocenters. The van der Waals surface area contributed by atoms with Gasteiger partial charge in [-0.1, -0.05) is 100.0 Å². The Morgan fingerprint density at radius 3 is 2.50 bits per heavy atom. The van der Waals surface area contributed by atoms with Crippen LogP contribution < -0.4 is 11.1 Å². The Kier molecular flexibility index (Phi) is 13.9. The Morgan fingerprint density at radius 2 is 1.73 bits per heavy atom. The van der Waals surface area contributed by atoms with Gasteiger partial charge in [0.15, 0.2) is 0 Å². The van der Waals surface area contributed by atoms with Crippen molar-refractivity contribution in [3.63, 3.8) is 0 Å². The van der Waals surface area contributed by atoms with Crippen molar-refractivity contribution in [3.05, 3.63) is 11.6 Å². The van der Waals surface area contributed by atoms with Crippen molar-refractivity contribution in [2.24, 2.45) is 52.1 Å². The van der Waals surface area contributed by atoms with Crippen LogP contribution in [0.25, 0.3) is 0 Å². The number of nitrogens with two attached hydrogens (primary N) is 1. The van der Waals surface area contributed by atoms with Crippen molar-refractivity contribution in [1.29, 1.82) is 0 Å². The first-order chi connectivity index (χ1) is 21.1. The zero-order valence-electron chi connectivity index (χ0n) is 28.7. The SMILES string of the molecule is CC(C)CCC[C@@H](C)[C@H]1CC[C@H]2[C@@H]3CC=C4C[C@@H](OC(=O)CSSCC(=O)NCCCCCCN)CC[C@]4(C)[C@H]3CC[C@]12C. The van der Waals surface area contributed by atoms with Gasteiger partial charge in [-0.3, -0.25) is 9.59 Å². The molecule has 4 aliphatic carbocycles. The molecule has 0 aliphatic heterocycles. The second kappa shape index (κ2) is 16.9. The summed E-state index contributed by atoms with van der Waals surface area (Å²) in [6, 6.07) is 0. The van der Waals surface area contributed by atoms with E-state index in [1.54, 1.807) is 5.57 Å². The molecule has 5 nitrogen and oxygen atoms in total. The van der Waals surface area contributed by atoms with E-state index in [1.807, 2.05) is 0 Å². The molecule has 0 unspecified atom stereocenters. The molecular formula is C37H64N2O3S2. The lowest BCUT2D eigenvalue weighted by Crippen LogP contribution is -2.51. The minimum atomic E-state index is -0.140. The summed E-state index contributed by atoms with van der Waals surface area (Å²) in [6.07, 6.45) is 20.9. The van der Waals surface area contributed by atoms with Crippen LogP contribution in [-0.4, -0.2) is 42.6 Å². The first kappa shape index (κ1) is 36.2. The standard InChI is InChI=1S/C37H64N2O3S2/c1-26(2)11-10-12-27(3)31-15-16-32-30-14-13-28-23-29(17-19-36(28,4)33(30)18-20-37(31,32)5)42-35(41)25-44-43-24-34(40)39-22-9-7-6-8-21-38/h13,26-27,29-33H,6-12,14-25,38H2,1-5H3,(H,39,40)/t27-,29+,30+,31-,32+,33+,36+,37-/m1/s1. The zero-order valence-corrected chi connectivity index (χ0v) is 30.3. The molecule has 0 heterocycles. The van der Waals surface area contributed by atoms with Crippen LogP contribution >= 0.6 is 21.6 Å². The van der Waals surface area contributed by atoms with Crippen LogP contribution in [0.1, 0.15) is 131 Å². The molecule has 1 amide bonds. The lowest BCUT2D eigenvalue weighted by Gasteiger charge is -2.58. The highest BCUT2D eigenvalue weighted by Crippen LogP contribution is 2.67. The van der Waals surface area contributed by atoms with E-state index in [-0.39, 0.29) is 23.4 Å². The van der Waals surface area contributed by atoms with Gasteiger partial charge in [0.05, 0.1) is 5.75 Å². The van der Waals surface area contributed by atoms with Gasteiger partial charge < -0.3 is 15.8 Å². The van der Waals surface area contributed by atoms with Gasteiger partial charge in [0.25, 0.3) is 0 Å². The first-order valence-corrected chi connectivity index (χ1v) is 20.7. The molecule has 0 bridgehead atoms. The lowest BCUT2D eigenvalue weighted by molar-refractivity contribution is -0.148. The number of ether oxygens (including phenoxy) is 1. The monoisotopic (exact) mass is 648 g/mol. The van der Waals surface area contributed by atoms with E-state index >= 15 is 0 Å². The van der Waals surface area contributed by atoms with E-state index in [9.17, 15) is 9.59 Å². The maximum Gasteiger partial charge on any atom is 0.317 e. The summed E-state index contributed by atoms with van der Waals surface area (Å²) in [6.45, 7) is 14.0. The highest BCUT2D eigenvalue weighted by atomic mass is 33.1. The van der Waals surface area contributed by atoms with Crippen molar-refractivity contribution in [3.8, 4) is 0 Å². The third kappa shape index (κ3) is 9.02. The average Bonchev–Trinajstić information content (AvgIpc) is 3.34. The van der Waals surface area contributed by atoms with Gasteiger partial charge in [-0.2, -0.15) is 0 Å². The normalized spacial score (nSPS) is 33.6. The topological polar surface area (TPSA) is 81.4 Å². The van der Waals surface area contributed by atoms with Crippen molar-refractivity contribution >= 4 is 33.5 Å². The van der Waals surface area contributed by atoms with Gasteiger partial charge in [-0.25, -0.2) is 0 Å². The number of allylic oxidation sites excluding steroid dienone is 1. The van der Waals surface area contributed by atoms with Crippen molar-refractivity contribution < 1.29 is 14.3 Å². The average molecular weight is 649 g/mol. The van der Waals surface area contributed by atoms with E-state index in [4.69, 9.17) is 10.5 Å². The van der Waals surface area contributed by atoms with Crippen LogP contribution in [0.2, 0.25) is 0 Å². The van der Waals surface area contributed by atoms with Crippen molar-refractivity contribution in [2.45, 2.75) is 137 Å². The summed E-state index contributed by atoms with van der Waals surface area (Å²) in [5.41, 5.74) is 7.89. The fraction of sp³-hybridized carbons (Fsp3) is 0.892. The fourth-order valence-electron chi connectivity index (χ4n) is 10.1. The number of carbonyl (C=O) groups excluding carboxylic acids is 2. The number of carbonyl (C=O) groups is 2. The molecule has 0 saturated heterocycles. The molecule has 4 rings (SSSR count). The number of rotatable bonds is 17. The number of esters is 1. The Hall–Kier alpha value is -0.660. The number of fused-ring (bicyclic) bond motifs is 5. The van der Waals surface area contributed by atoms with Gasteiger partial charge >= 0.3 is 5.97 Å². The molecule has 0 radical (unpaired) electrons. The summed E-state index contributed by atoms with van der Waals surface area (Å²) in [4.78, 5) is 24.7. The Bertz CT molecular complexity index is 972. The number of amides is 1. The second-order valence-electron chi connectivity index (χ2n) is 15.7. The Morgan fingerprint density at radius 1 is 0.955 bits per heavy atom. The minimum Gasteiger partial charge on any atom is -0.461 e. The highest BCUT2D eigenvalue weighted by molar-refractivity contribution is 8.77. The summed E-state index contributed by atoms with van der Waals surface area (Å²) in [5, 5.41) is 2.97. The van der Waals surface area contributed by atoms with Gasteiger partial charge in [-0.05, 0) is 111 Å². The number of hydrogen-bond acceptors (Lipinski definition) is 6. The lowest BCUT2D eigenvalue weighted by atomic mass is 9.47. The van der Waals surface area contributed by atoms with Gasteiger partial charge in [0.2, 0.25) is 5.91 Å². The van der Waals surface area contributed by atoms with Gasteiger partial charge in [-0.15, -0.1) is 0 Å². The van der Waals surface area contributed by atoms with Crippen LogP contribution in [-0.2, 0) is 14.3 Å². The van der Waals surface area contributed by atoms with Crippen LogP contribution in [0.3, 0.4) is 0 Å². The molecule has 4 aliphatic rings. The molecule has 3 N–H and O–H groups in total. The molecule has 252 valence electrons. The smallest absolute Gasteiger partial charge is 0.317 e. The molecule has 7 heteroatoms. The molecular weight excluding hydrogens is 585 g/mol. The molecule has 44 heavy (non-hydrogen) atoms. The number of nitrogens with one attached hydrogen (secondary N) is 1. The van der Waals surface area contributed by atoms with E-state index < -0.39 is 0 Å². The molecule has 0 aromatic heterocycles. The maximum atomic E-state index is 12.7. The largest absolute Gasteiger partial charge is 0.461 e. The summed E-state index contributed by atoms with van der Waals surface area (Å²) < 4.78 is 5.99. The molecule has 3 fully saturated rings. The zero-order chi connectivity index (χ0) is 31.7. The fourth-order valence-corrected chi connectivity index (χ4v) is 11.7. The number of hydrogen-bond donors (Lipinski definition) is 2. The second-order valence-corrected chi connectivity index (χ2v) is 18.2. The Labute approximate surface area is 277 Å². The van der Waals surface area contributed by atoms with Crippen LogP contribution in [0.4, 0.5) is 0 Å². The molecule has 3 saturated carbocycles. The van der Waals surface area contributed by atoms with E-state index in [0.717, 1.165) is 87.0 Å². The van der Waals surface area contributed by atoms with Gasteiger partial charge in [0, 0.05) is 13.0 Å². The van der Waals surface area contributed by atoms with E-state index in [1.165, 1.54) is 73.0 Å². The summed E-state index contributed by atoms with van der Waals surface area (Å²) in [5.74, 6) is 5.63.